The highest BCUT2D eigenvalue weighted by Crippen LogP contribution is 2.55. The van der Waals surface area contributed by atoms with E-state index in [1.54, 1.807) is 0 Å². The predicted molar refractivity (Wildman–Crippen MR) is 59.5 cm³/mol. The summed E-state index contributed by atoms with van der Waals surface area (Å²) in [6, 6.07) is 0. The summed E-state index contributed by atoms with van der Waals surface area (Å²) in [6.07, 6.45) is 9.13. The van der Waals surface area contributed by atoms with Gasteiger partial charge in [0, 0.05) is 0 Å². The van der Waals surface area contributed by atoms with Crippen LogP contribution < -0.4 is 0 Å². The van der Waals surface area contributed by atoms with Crippen LogP contribution in [0.2, 0.25) is 0 Å². The smallest absolute Gasteiger partial charge is 0.306 e. The van der Waals surface area contributed by atoms with Gasteiger partial charge in [-0.15, -0.1) is 0 Å². The molecule has 2 aliphatic carbocycles. The van der Waals surface area contributed by atoms with E-state index in [2.05, 4.69) is 19.1 Å². The first-order valence-corrected chi connectivity index (χ1v) is 5.96. The number of hydrogen-bond acceptors (Lipinski definition) is 1. The summed E-state index contributed by atoms with van der Waals surface area (Å²) in [5, 5.41) is 8.87. The fraction of sp³-hybridized carbons (Fsp3) is 0.769. The number of fused-ring (bicyclic) bond motifs is 2. The summed E-state index contributed by atoms with van der Waals surface area (Å²) >= 11 is 0. The van der Waals surface area contributed by atoms with Crippen LogP contribution >= 0.6 is 0 Å². The maximum Gasteiger partial charge on any atom is 0.306 e. The Kier molecular flexibility index (Phi) is 2.61. The van der Waals surface area contributed by atoms with Crippen LogP contribution in [0.1, 0.15) is 39.5 Å². The van der Waals surface area contributed by atoms with E-state index in [-0.39, 0.29) is 5.92 Å². The van der Waals surface area contributed by atoms with Crippen molar-refractivity contribution in [1.82, 2.24) is 0 Å². The van der Waals surface area contributed by atoms with Gasteiger partial charge in [0.15, 0.2) is 0 Å². The summed E-state index contributed by atoms with van der Waals surface area (Å²) in [6.45, 7) is 4.13. The third-order valence-corrected chi connectivity index (χ3v) is 4.44. The minimum atomic E-state index is -0.657. The Balaban J connectivity index is 1.94. The highest BCUT2D eigenvalue weighted by Gasteiger charge is 2.45. The van der Waals surface area contributed by atoms with Crippen LogP contribution in [0.5, 0.6) is 0 Å². The number of allylic oxidation sites excluding steroid dienone is 2. The van der Waals surface area contributed by atoms with Gasteiger partial charge in [-0.1, -0.05) is 26.0 Å². The van der Waals surface area contributed by atoms with Gasteiger partial charge in [-0.2, -0.15) is 0 Å². The number of carboxylic acids is 1. The van der Waals surface area contributed by atoms with Crippen molar-refractivity contribution in [3.63, 3.8) is 0 Å². The monoisotopic (exact) mass is 208 g/mol. The van der Waals surface area contributed by atoms with E-state index in [9.17, 15) is 4.79 Å². The van der Waals surface area contributed by atoms with Crippen molar-refractivity contribution in [2.24, 2.45) is 23.2 Å². The standard InChI is InChI=1S/C13H20O2/c1-9(12(14)15)3-5-13-6-4-11(8-13)7-10(13)2/h4,6,9-11H,3,5,7-8H2,1-2H3,(H,14,15). The molecule has 84 valence electrons. The summed E-state index contributed by atoms with van der Waals surface area (Å²) in [5.74, 6) is 0.670. The SMILES string of the molecule is CC(CCC12C=CC(CC1C)C2)C(=O)O. The summed E-state index contributed by atoms with van der Waals surface area (Å²) in [4.78, 5) is 10.8. The van der Waals surface area contributed by atoms with Crippen molar-refractivity contribution < 1.29 is 9.90 Å². The Hall–Kier alpha value is -0.790. The largest absolute Gasteiger partial charge is 0.481 e. The first-order chi connectivity index (χ1) is 7.03. The second-order valence-electron chi connectivity index (χ2n) is 5.47. The van der Waals surface area contributed by atoms with Gasteiger partial charge in [-0.05, 0) is 42.9 Å². The number of carbonyl (C=O) groups is 1. The van der Waals surface area contributed by atoms with E-state index in [4.69, 9.17) is 5.11 Å². The van der Waals surface area contributed by atoms with Crippen molar-refractivity contribution >= 4 is 5.97 Å². The molecule has 2 rings (SSSR count). The molecule has 0 aliphatic heterocycles. The van der Waals surface area contributed by atoms with Crippen LogP contribution in [0, 0.1) is 23.2 Å². The van der Waals surface area contributed by atoms with Gasteiger partial charge in [0.2, 0.25) is 0 Å². The normalized spacial score (nSPS) is 39.6. The van der Waals surface area contributed by atoms with Crippen molar-refractivity contribution in [3.8, 4) is 0 Å². The van der Waals surface area contributed by atoms with Crippen LogP contribution in [0.25, 0.3) is 0 Å². The molecule has 1 saturated carbocycles. The highest BCUT2D eigenvalue weighted by molar-refractivity contribution is 5.69. The Morgan fingerprint density at radius 1 is 1.67 bits per heavy atom. The molecule has 0 heterocycles. The van der Waals surface area contributed by atoms with Crippen LogP contribution in [-0.4, -0.2) is 11.1 Å². The zero-order chi connectivity index (χ0) is 11.1. The molecule has 0 amide bonds. The van der Waals surface area contributed by atoms with Crippen molar-refractivity contribution in [1.29, 1.82) is 0 Å². The molecule has 4 atom stereocenters. The lowest BCUT2D eigenvalue weighted by molar-refractivity contribution is -0.141. The number of rotatable bonds is 4. The van der Waals surface area contributed by atoms with E-state index in [0.717, 1.165) is 24.7 Å². The zero-order valence-corrected chi connectivity index (χ0v) is 9.57. The fourth-order valence-corrected chi connectivity index (χ4v) is 3.21. The summed E-state index contributed by atoms with van der Waals surface area (Å²) < 4.78 is 0. The molecule has 1 N–H and O–H groups in total. The molecule has 0 spiro atoms. The molecule has 0 saturated heterocycles. The van der Waals surface area contributed by atoms with Gasteiger partial charge in [0.25, 0.3) is 0 Å². The topological polar surface area (TPSA) is 37.3 Å². The van der Waals surface area contributed by atoms with Gasteiger partial charge >= 0.3 is 5.97 Å². The van der Waals surface area contributed by atoms with Crippen LogP contribution in [0.15, 0.2) is 12.2 Å². The number of aliphatic carboxylic acids is 1. The molecule has 2 heteroatoms. The van der Waals surface area contributed by atoms with E-state index in [1.807, 2.05) is 6.92 Å². The average molecular weight is 208 g/mol. The Morgan fingerprint density at radius 2 is 2.40 bits per heavy atom. The number of hydrogen-bond donors (Lipinski definition) is 1. The molecule has 0 aromatic rings. The molecule has 0 radical (unpaired) electrons. The lowest BCUT2D eigenvalue weighted by Crippen LogP contribution is -2.22. The maximum atomic E-state index is 10.8. The first kappa shape index (κ1) is 10.7. The maximum absolute atomic E-state index is 10.8. The average Bonchev–Trinajstić information content (AvgIpc) is 2.71. The summed E-state index contributed by atoms with van der Waals surface area (Å²) in [7, 11) is 0. The van der Waals surface area contributed by atoms with Crippen molar-refractivity contribution in [2.75, 3.05) is 0 Å². The van der Waals surface area contributed by atoms with Crippen LogP contribution in [0.4, 0.5) is 0 Å². The summed E-state index contributed by atoms with van der Waals surface area (Å²) in [5.41, 5.74) is 0.342. The molecule has 2 nitrogen and oxygen atoms in total. The Morgan fingerprint density at radius 3 is 2.87 bits per heavy atom. The van der Waals surface area contributed by atoms with Crippen molar-refractivity contribution in [2.45, 2.75) is 39.5 Å². The molecule has 4 unspecified atom stereocenters. The highest BCUT2D eigenvalue weighted by atomic mass is 16.4. The Labute approximate surface area is 91.4 Å². The molecule has 0 aromatic heterocycles. The Bertz CT molecular complexity index is 295. The zero-order valence-electron chi connectivity index (χ0n) is 9.57. The second-order valence-corrected chi connectivity index (χ2v) is 5.47. The lowest BCUT2D eigenvalue weighted by Gasteiger charge is -2.30. The molecular formula is C13H20O2. The van der Waals surface area contributed by atoms with Gasteiger partial charge in [-0.3, -0.25) is 4.79 Å². The molecule has 15 heavy (non-hydrogen) atoms. The number of carboxylic acid groups (broad SMARTS) is 1. The quantitative estimate of drug-likeness (QED) is 0.721. The van der Waals surface area contributed by atoms with E-state index < -0.39 is 5.97 Å². The van der Waals surface area contributed by atoms with E-state index >= 15 is 0 Å². The lowest BCUT2D eigenvalue weighted by atomic mass is 9.74. The predicted octanol–water partition coefficient (Wildman–Crippen LogP) is 3.09. The third kappa shape index (κ3) is 1.82. The minimum absolute atomic E-state index is 0.195. The first-order valence-electron chi connectivity index (χ1n) is 5.96. The molecule has 2 bridgehead atoms. The molecule has 0 aromatic carbocycles. The minimum Gasteiger partial charge on any atom is -0.481 e. The second kappa shape index (κ2) is 3.66. The van der Waals surface area contributed by atoms with E-state index in [1.165, 1.54) is 12.8 Å². The van der Waals surface area contributed by atoms with Crippen LogP contribution in [0.3, 0.4) is 0 Å². The van der Waals surface area contributed by atoms with Crippen LogP contribution in [-0.2, 0) is 4.79 Å². The van der Waals surface area contributed by atoms with Gasteiger partial charge in [0.1, 0.15) is 0 Å². The molecular weight excluding hydrogens is 188 g/mol. The third-order valence-electron chi connectivity index (χ3n) is 4.44. The van der Waals surface area contributed by atoms with Gasteiger partial charge < -0.3 is 5.11 Å². The van der Waals surface area contributed by atoms with E-state index in [0.29, 0.717) is 5.41 Å². The molecule has 1 fully saturated rings. The van der Waals surface area contributed by atoms with Gasteiger partial charge in [0.05, 0.1) is 5.92 Å². The molecule has 2 aliphatic rings. The van der Waals surface area contributed by atoms with Crippen molar-refractivity contribution in [3.05, 3.63) is 12.2 Å². The van der Waals surface area contributed by atoms with Gasteiger partial charge in [-0.25, -0.2) is 0 Å². The fourth-order valence-electron chi connectivity index (χ4n) is 3.21.